The number of hydrogen-bond donors (Lipinski definition) is 0. The zero-order chi connectivity index (χ0) is 45.2. The quantitative estimate of drug-likeness (QED) is 0.0691. The second kappa shape index (κ2) is 28.8. The lowest BCUT2D eigenvalue weighted by atomic mass is 9.87. The predicted octanol–water partition coefficient (Wildman–Crippen LogP) is 10.5. The number of anilines is 1. The molecule has 0 saturated carbocycles. The summed E-state index contributed by atoms with van der Waals surface area (Å²) in [5, 5.41) is 0. The fourth-order valence-electron chi connectivity index (χ4n) is 7.03. The molecule has 1 aromatic heterocycles. The highest BCUT2D eigenvalue weighted by Crippen LogP contribution is 2.32. The molecule has 2 heterocycles. The van der Waals surface area contributed by atoms with Crippen LogP contribution >= 0.6 is 11.7 Å². The van der Waals surface area contributed by atoms with Crippen LogP contribution in [0.15, 0.2) is 72.9 Å². The Morgan fingerprint density at radius 3 is 1.77 bits per heavy atom. The lowest BCUT2D eigenvalue weighted by Gasteiger charge is -2.41. The Hall–Kier alpha value is -3.71. The van der Waals surface area contributed by atoms with E-state index in [0.717, 1.165) is 50.3 Å². The van der Waals surface area contributed by atoms with Gasteiger partial charge in [0.2, 0.25) is 11.7 Å². The minimum Gasteiger partial charge on any atom is -0.472 e. The number of Topliss-reactive ketones (excluding diaryl/α,β-unsaturated/α-hetero) is 2. The van der Waals surface area contributed by atoms with Crippen LogP contribution < -0.4 is 9.64 Å². The molecular formula is C49H78N4O7S. The Kier molecular flexibility index (Phi) is 25.2. The van der Waals surface area contributed by atoms with Crippen LogP contribution in [0.5, 0.6) is 5.88 Å². The van der Waals surface area contributed by atoms with E-state index in [2.05, 4.69) is 87.4 Å². The van der Waals surface area contributed by atoms with Crippen LogP contribution in [-0.4, -0.2) is 99.5 Å². The van der Waals surface area contributed by atoms with Gasteiger partial charge >= 0.3 is 0 Å². The Morgan fingerprint density at radius 1 is 0.770 bits per heavy atom. The van der Waals surface area contributed by atoms with Crippen molar-refractivity contribution >= 4 is 35.0 Å². The average molecular weight is 867 g/mol. The third kappa shape index (κ3) is 19.1. The van der Waals surface area contributed by atoms with Gasteiger partial charge in [-0.05, 0) is 98.8 Å². The lowest BCUT2D eigenvalue weighted by molar-refractivity contribution is -0.181. The Morgan fingerprint density at radius 2 is 1.30 bits per heavy atom. The summed E-state index contributed by atoms with van der Waals surface area (Å²) in [4.78, 5) is 44.8. The third-order valence-electron chi connectivity index (χ3n) is 10.9. The number of allylic oxidation sites excluding steroid dienone is 12. The molecule has 0 bridgehead atoms. The summed E-state index contributed by atoms with van der Waals surface area (Å²) in [5.41, 5.74) is -2.91. The molecule has 0 aliphatic carbocycles. The van der Waals surface area contributed by atoms with Crippen LogP contribution in [0.3, 0.4) is 0 Å². The minimum atomic E-state index is -1.26. The van der Waals surface area contributed by atoms with Crippen LogP contribution in [0.2, 0.25) is 0 Å². The monoisotopic (exact) mass is 867 g/mol. The largest absolute Gasteiger partial charge is 0.472 e. The van der Waals surface area contributed by atoms with Crippen molar-refractivity contribution in [2.75, 3.05) is 44.4 Å². The standard InChI is InChI=1S/C49H78N4O7S/c1-11-15-16-17-18-19-20-21-22-23-24-25-26-27-28-29-30-31-32-33-43(55)48(10,12-2)59-40(5)44(56)49(13-3,14-4)60-42(38-53(41(6)54)47(7,8)9)39-58-46-45(50-61-51-46)52-34-36-57-37-35-52/h15-16,18-19,21-22,24-25,27-28,30-31,40,42H,11-14,17,20,23,26,29,32-39H2,1-10H3/b16-15-,19-18-,22-21-,25-24-,28-27-,31-30-/t40?,42-,48?/m0/s1. The van der Waals surface area contributed by atoms with E-state index >= 15 is 0 Å². The number of ketones is 2. The number of carbonyl (C=O) groups excluding carboxylic acids is 3. The molecule has 1 saturated heterocycles. The molecule has 11 nitrogen and oxygen atoms in total. The summed E-state index contributed by atoms with van der Waals surface area (Å²) in [6.45, 7) is 21.5. The van der Waals surface area contributed by atoms with Crippen molar-refractivity contribution in [2.45, 2.75) is 169 Å². The maximum Gasteiger partial charge on any atom is 0.270 e. The Balaban J connectivity index is 2.01. The number of ether oxygens (including phenoxy) is 4. The van der Waals surface area contributed by atoms with E-state index in [-0.39, 0.29) is 30.6 Å². The number of rotatable bonds is 30. The molecule has 1 aliphatic rings. The number of nitrogens with zero attached hydrogens (tertiary/aromatic N) is 4. The summed E-state index contributed by atoms with van der Waals surface area (Å²) >= 11 is 1.07. The first kappa shape index (κ1) is 53.4. The van der Waals surface area contributed by atoms with E-state index < -0.39 is 28.9 Å². The van der Waals surface area contributed by atoms with Crippen LogP contribution in [0.1, 0.15) is 140 Å². The third-order valence-corrected chi connectivity index (χ3v) is 11.4. The van der Waals surface area contributed by atoms with Gasteiger partial charge in [-0.3, -0.25) is 14.4 Å². The summed E-state index contributed by atoms with van der Waals surface area (Å²) in [6.07, 6.45) is 32.0. The first-order chi connectivity index (χ1) is 29.2. The average Bonchev–Trinajstić information content (AvgIpc) is 3.72. The second-order valence-electron chi connectivity index (χ2n) is 16.6. The fourth-order valence-corrected chi connectivity index (χ4v) is 7.55. The zero-order valence-corrected chi connectivity index (χ0v) is 40.0. The summed E-state index contributed by atoms with van der Waals surface area (Å²) in [7, 11) is 0. The van der Waals surface area contributed by atoms with Crippen molar-refractivity contribution in [1.29, 1.82) is 0 Å². The topological polar surface area (TPSA) is 120 Å². The van der Waals surface area contributed by atoms with E-state index in [0.29, 0.717) is 70.1 Å². The normalized spacial score (nSPS) is 16.5. The van der Waals surface area contributed by atoms with Crippen LogP contribution in [-0.2, 0) is 28.6 Å². The molecule has 0 spiro atoms. The molecule has 0 radical (unpaired) electrons. The van der Waals surface area contributed by atoms with Crippen molar-refractivity contribution in [1.82, 2.24) is 13.6 Å². The van der Waals surface area contributed by atoms with E-state index in [1.165, 1.54) is 6.92 Å². The Bertz CT molecular complexity index is 1610. The van der Waals surface area contributed by atoms with Crippen molar-refractivity contribution in [3.63, 3.8) is 0 Å². The molecule has 61 heavy (non-hydrogen) atoms. The van der Waals surface area contributed by atoms with Crippen molar-refractivity contribution in [3.05, 3.63) is 72.9 Å². The highest BCUT2D eigenvalue weighted by Gasteiger charge is 2.45. The van der Waals surface area contributed by atoms with Gasteiger partial charge in [0.05, 0.1) is 31.5 Å². The maximum absolute atomic E-state index is 14.5. The van der Waals surface area contributed by atoms with Gasteiger partial charge in [-0.2, -0.15) is 4.37 Å². The molecule has 1 amide bonds. The summed E-state index contributed by atoms with van der Waals surface area (Å²) in [6, 6.07) is 0. The smallest absolute Gasteiger partial charge is 0.270 e. The molecule has 2 unspecified atom stereocenters. The summed E-state index contributed by atoms with van der Waals surface area (Å²) < 4.78 is 33.9. The molecule has 2 rings (SSSR count). The van der Waals surface area contributed by atoms with Crippen molar-refractivity contribution in [2.24, 2.45) is 0 Å². The number of hydrogen-bond acceptors (Lipinski definition) is 11. The zero-order valence-electron chi connectivity index (χ0n) is 39.2. The molecule has 342 valence electrons. The highest BCUT2D eigenvalue weighted by molar-refractivity contribution is 6.99. The molecule has 1 aliphatic heterocycles. The van der Waals surface area contributed by atoms with E-state index in [1.54, 1.807) is 18.7 Å². The molecule has 3 atom stereocenters. The maximum atomic E-state index is 14.5. The number of aromatic nitrogens is 2. The van der Waals surface area contributed by atoms with Crippen LogP contribution in [0.4, 0.5) is 5.82 Å². The molecule has 1 fully saturated rings. The number of carbonyl (C=O) groups is 3. The van der Waals surface area contributed by atoms with Gasteiger partial charge in [-0.25, -0.2) is 0 Å². The van der Waals surface area contributed by atoms with Crippen molar-refractivity contribution in [3.8, 4) is 5.88 Å². The number of amides is 1. The van der Waals surface area contributed by atoms with Gasteiger partial charge in [0.25, 0.3) is 5.88 Å². The Labute approximate surface area is 372 Å². The highest BCUT2D eigenvalue weighted by atomic mass is 32.1. The second-order valence-corrected chi connectivity index (χ2v) is 17.2. The van der Waals surface area contributed by atoms with E-state index in [9.17, 15) is 14.4 Å². The van der Waals surface area contributed by atoms with Crippen LogP contribution in [0.25, 0.3) is 0 Å². The fraction of sp³-hybridized carbons (Fsp3) is 0.653. The molecule has 12 heteroatoms. The molecular weight excluding hydrogens is 789 g/mol. The SMILES string of the molecule is CC/C=C\C/C=C\C/C=C\C/C=C\C/C=C\C/C=C\CCC(=O)C(C)(CC)OC(C)C(=O)C(CC)(CC)O[C@H](COc1nsnc1N1CCOCC1)CN(C(C)=O)C(C)(C)C. The lowest BCUT2D eigenvalue weighted by Crippen LogP contribution is -2.55. The van der Waals surface area contributed by atoms with Gasteiger partial charge in [0, 0.05) is 32.0 Å². The molecule has 0 aromatic carbocycles. The molecule has 1 aromatic rings. The predicted molar refractivity (Wildman–Crippen MR) is 250 cm³/mol. The van der Waals surface area contributed by atoms with Crippen molar-refractivity contribution < 1.29 is 33.3 Å². The van der Waals surface area contributed by atoms with Gasteiger partial charge in [0.15, 0.2) is 11.6 Å². The van der Waals surface area contributed by atoms with E-state index in [1.807, 2.05) is 47.6 Å². The van der Waals surface area contributed by atoms with E-state index in [4.69, 9.17) is 18.9 Å². The van der Waals surface area contributed by atoms with Gasteiger partial charge in [0.1, 0.15) is 30.0 Å². The molecule has 0 N–H and O–H groups in total. The summed E-state index contributed by atoms with van der Waals surface area (Å²) in [5.74, 6) is 0.615. The number of morpholine rings is 1. The van der Waals surface area contributed by atoms with Gasteiger partial charge < -0.3 is 28.7 Å². The van der Waals surface area contributed by atoms with Gasteiger partial charge in [-0.1, -0.05) is 101 Å². The minimum absolute atomic E-state index is 0.0344. The van der Waals surface area contributed by atoms with Crippen LogP contribution in [0, 0.1) is 0 Å². The van der Waals surface area contributed by atoms with Gasteiger partial charge in [-0.15, -0.1) is 4.37 Å². The first-order valence-corrected chi connectivity index (χ1v) is 23.3. The first-order valence-electron chi connectivity index (χ1n) is 22.6.